The van der Waals surface area contributed by atoms with Crippen LogP contribution in [0, 0.1) is 0 Å². The second-order valence-electron chi connectivity index (χ2n) is 5.92. The van der Waals surface area contributed by atoms with Crippen LogP contribution in [0.4, 0.5) is 18.0 Å². The molecule has 0 aromatic carbocycles. The van der Waals surface area contributed by atoms with Crippen molar-refractivity contribution < 1.29 is 22.8 Å². The average molecular weight is 492 g/mol. The van der Waals surface area contributed by atoms with Gasteiger partial charge in [-0.1, -0.05) is 0 Å². The van der Waals surface area contributed by atoms with Gasteiger partial charge in [-0.25, -0.2) is 4.79 Å². The van der Waals surface area contributed by atoms with Crippen LogP contribution in [0.2, 0.25) is 0 Å². The van der Waals surface area contributed by atoms with Crippen molar-refractivity contribution in [2.24, 2.45) is 4.99 Å². The number of amides is 3. The zero-order valence-corrected chi connectivity index (χ0v) is 17.0. The number of urea groups is 1. The first kappa shape index (κ1) is 22.7. The molecule has 150 valence electrons. The number of nitrogens with one attached hydrogen (secondary N) is 2. The predicted octanol–water partition coefficient (Wildman–Crippen LogP) is 0.300. The summed E-state index contributed by atoms with van der Waals surface area (Å²) in [5.41, 5.74) is 0. The van der Waals surface area contributed by atoms with E-state index in [9.17, 15) is 22.8 Å². The highest BCUT2D eigenvalue weighted by atomic mass is 127. The summed E-state index contributed by atoms with van der Waals surface area (Å²) >= 11 is 0. The highest BCUT2D eigenvalue weighted by Gasteiger charge is 2.41. The summed E-state index contributed by atoms with van der Waals surface area (Å²) in [6.45, 7) is 3.11. The molecule has 2 aliphatic heterocycles. The van der Waals surface area contributed by atoms with Crippen molar-refractivity contribution in [2.45, 2.75) is 19.1 Å². The van der Waals surface area contributed by atoms with E-state index in [4.69, 9.17) is 0 Å². The molecule has 8 nitrogen and oxygen atoms in total. The maximum atomic E-state index is 12.8. The molecule has 3 amide bonds. The topological polar surface area (TPSA) is 80.3 Å². The van der Waals surface area contributed by atoms with Crippen molar-refractivity contribution in [1.29, 1.82) is 0 Å². The van der Waals surface area contributed by atoms with E-state index in [0.717, 1.165) is 4.90 Å². The third-order valence-corrected chi connectivity index (χ3v) is 4.40. The van der Waals surface area contributed by atoms with Crippen molar-refractivity contribution >= 4 is 41.9 Å². The zero-order chi connectivity index (χ0) is 18.6. The van der Waals surface area contributed by atoms with Crippen LogP contribution in [0.15, 0.2) is 4.99 Å². The van der Waals surface area contributed by atoms with Gasteiger partial charge in [0.25, 0.3) is 0 Å². The third kappa shape index (κ3) is 5.59. The van der Waals surface area contributed by atoms with Gasteiger partial charge in [0.05, 0.1) is 6.54 Å². The summed E-state index contributed by atoms with van der Waals surface area (Å²) in [6.07, 6.45) is -4.23. The number of piperazine rings is 1. The number of hydrogen-bond donors (Lipinski definition) is 2. The number of carbonyl (C=O) groups is 2. The van der Waals surface area contributed by atoms with Crippen LogP contribution in [-0.4, -0.2) is 97.7 Å². The first-order valence-corrected chi connectivity index (χ1v) is 8.08. The summed E-state index contributed by atoms with van der Waals surface area (Å²) in [5, 5.41) is 5.48. The summed E-state index contributed by atoms with van der Waals surface area (Å²) in [5.74, 6) is 0.267. The van der Waals surface area contributed by atoms with Crippen molar-refractivity contribution in [1.82, 2.24) is 25.3 Å². The molecule has 0 saturated carbocycles. The molecule has 2 rings (SSSR count). The van der Waals surface area contributed by atoms with Gasteiger partial charge < -0.3 is 15.5 Å². The van der Waals surface area contributed by atoms with E-state index >= 15 is 0 Å². The highest BCUT2D eigenvalue weighted by Crippen LogP contribution is 2.25. The predicted molar refractivity (Wildman–Crippen MR) is 101 cm³/mol. The first-order valence-electron chi connectivity index (χ1n) is 8.08. The number of nitrogens with zero attached hydrogens (tertiary/aromatic N) is 4. The number of alkyl halides is 3. The van der Waals surface area contributed by atoms with Gasteiger partial charge in [0, 0.05) is 46.3 Å². The second kappa shape index (κ2) is 9.58. The van der Waals surface area contributed by atoms with E-state index in [2.05, 4.69) is 15.6 Å². The Bertz CT molecular complexity index is 521. The van der Waals surface area contributed by atoms with Crippen molar-refractivity contribution in [3.05, 3.63) is 0 Å². The van der Waals surface area contributed by atoms with Crippen LogP contribution in [0.1, 0.15) is 6.92 Å². The number of guanidine groups is 1. The molecule has 26 heavy (non-hydrogen) atoms. The van der Waals surface area contributed by atoms with E-state index in [1.54, 1.807) is 7.05 Å². The Balaban J connectivity index is 0.00000338. The number of imide groups is 1. The molecule has 12 heteroatoms. The molecule has 0 aromatic heterocycles. The number of carbonyl (C=O) groups excluding carboxylic acids is 2. The quantitative estimate of drug-likeness (QED) is 0.256. The zero-order valence-electron chi connectivity index (χ0n) is 14.7. The number of halogens is 4. The van der Waals surface area contributed by atoms with E-state index in [-0.39, 0.29) is 56.1 Å². The number of hydrogen-bond acceptors (Lipinski definition) is 4. The fourth-order valence-corrected chi connectivity index (χ4v) is 2.82. The maximum Gasteiger partial charge on any atom is 0.403 e. The Morgan fingerprint density at radius 3 is 2.35 bits per heavy atom. The number of rotatable bonds is 4. The van der Waals surface area contributed by atoms with Crippen LogP contribution in [0.3, 0.4) is 0 Å². The van der Waals surface area contributed by atoms with Crippen molar-refractivity contribution in [2.75, 3.05) is 52.9 Å². The lowest BCUT2D eigenvalue weighted by Gasteiger charge is -2.39. The minimum Gasteiger partial charge on any atom is -0.354 e. The Hall–Kier alpha value is -1.31. The summed E-state index contributed by atoms with van der Waals surface area (Å²) < 4.78 is 38.3. The lowest BCUT2D eigenvalue weighted by atomic mass is 10.2. The molecule has 0 aromatic rings. The van der Waals surface area contributed by atoms with Crippen LogP contribution in [0.25, 0.3) is 0 Å². The number of aliphatic imine (C=N–C) groups is 1. The molecule has 2 fully saturated rings. The standard InChI is InChI=1S/C14H23F3N6O2.HI/c1-10(14(15,16)17)21-5-7-22(8-6-21)12(18-2)19-3-4-23-11(24)9-20-13(23)25;/h10H,3-9H2,1-2H3,(H,18,19)(H,20,25);1H. The van der Waals surface area contributed by atoms with Gasteiger partial charge >= 0.3 is 12.2 Å². The molecule has 2 saturated heterocycles. The fraction of sp³-hybridized carbons (Fsp3) is 0.786. The summed E-state index contributed by atoms with van der Waals surface area (Å²) in [4.78, 5) is 31.4. The van der Waals surface area contributed by atoms with Gasteiger partial charge in [-0.15, -0.1) is 24.0 Å². The van der Waals surface area contributed by atoms with E-state index in [1.165, 1.54) is 11.8 Å². The van der Waals surface area contributed by atoms with Gasteiger partial charge in [0.2, 0.25) is 5.91 Å². The normalized spacial score (nSPS) is 20.7. The van der Waals surface area contributed by atoms with Gasteiger partial charge in [0.15, 0.2) is 5.96 Å². The molecular weight excluding hydrogens is 468 g/mol. The Kier molecular flexibility index (Phi) is 8.37. The lowest BCUT2D eigenvalue weighted by molar-refractivity contribution is -0.181. The van der Waals surface area contributed by atoms with Crippen LogP contribution >= 0.6 is 24.0 Å². The maximum absolute atomic E-state index is 12.8. The molecule has 1 unspecified atom stereocenters. The molecule has 2 heterocycles. The minimum atomic E-state index is -4.23. The second-order valence-corrected chi connectivity index (χ2v) is 5.92. The van der Waals surface area contributed by atoms with Crippen LogP contribution in [0.5, 0.6) is 0 Å². The first-order chi connectivity index (χ1) is 11.7. The molecule has 0 radical (unpaired) electrons. The molecule has 0 spiro atoms. The molecule has 0 bridgehead atoms. The van der Waals surface area contributed by atoms with Gasteiger partial charge in [-0.2, -0.15) is 13.2 Å². The molecular formula is C14H24F3IN6O2. The Morgan fingerprint density at radius 2 is 1.88 bits per heavy atom. The summed E-state index contributed by atoms with van der Waals surface area (Å²) in [6, 6.07) is -1.89. The van der Waals surface area contributed by atoms with E-state index in [1.807, 2.05) is 4.90 Å². The summed E-state index contributed by atoms with van der Waals surface area (Å²) in [7, 11) is 1.58. The average Bonchev–Trinajstić information content (AvgIpc) is 2.89. The van der Waals surface area contributed by atoms with E-state index in [0.29, 0.717) is 25.6 Å². The smallest absolute Gasteiger partial charge is 0.354 e. The van der Waals surface area contributed by atoms with Crippen molar-refractivity contribution in [3.8, 4) is 0 Å². The Labute approximate surface area is 167 Å². The molecule has 2 N–H and O–H groups in total. The molecule has 2 aliphatic rings. The highest BCUT2D eigenvalue weighted by molar-refractivity contribution is 14.0. The van der Waals surface area contributed by atoms with Crippen molar-refractivity contribution in [3.63, 3.8) is 0 Å². The fourth-order valence-electron chi connectivity index (χ4n) is 2.82. The molecule has 0 aliphatic carbocycles. The van der Waals surface area contributed by atoms with Gasteiger partial charge in [-0.3, -0.25) is 19.6 Å². The van der Waals surface area contributed by atoms with Crippen LogP contribution < -0.4 is 10.6 Å². The largest absolute Gasteiger partial charge is 0.403 e. The molecule has 1 atom stereocenters. The van der Waals surface area contributed by atoms with Gasteiger partial charge in [0.1, 0.15) is 6.04 Å². The third-order valence-electron chi connectivity index (χ3n) is 4.40. The Morgan fingerprint density at radius 1 is 1.27 bits per heavy atom. The minimum absolute atomic E-state index is 0. The lowest BCUT2D eigenvalue weighted by Crippen LogP contribution is -2.57. The SMILES string of the molecule is CN=C(NCCN1C(=O)CNC1=O)N1CCN(C(C)C(F)(F)F)CC1.I. The van der Waals surface area contributed by atoms with Gasteiger partial charge in [-0.05, 0) is 6.92 Å². The monoisotopic (exact) mass is 492 g/mol. The van der Waals surface area contributed by atoms with Crippen LogP contribution in [-0.2, 0) is 4.79 Å². The van der Waals surface area contributed by atoms with E-state index < -0.39 is 18.2 Å².